The lowest BCUT2D eigenvalue weighted by molar-refractivity contribution is 1.54. The van der Waals surface area contributed by atoms with Crippen molar-refractivity contribution in [3.05, 3.63) is 0 Å². The monoisotopic (exact) mass is 187 g/mol. The highest BCUT2D eigenvalue weighted by atomic mass is 28.3. The molecule has 0 spiro atoms. The third kappa shape index (κ3) is 5.38. The maximum Gasteiger partial charge on any atom is 0.171 e. The molecule has 0 rings (SSSR count). The molecule has 0 aromatic rings. The van der Waals surface area contributed by atoms with Crippen molar-refractivity contribution in [1.82, 2.24) is 0 Å². The first-order valence-electron chi connectivity index (χ1n) is 4.20. The molecule has 0 bridgehead atoms. The van der Waals surface area contributed by atoms with Gasteiger partial charge in [0.05, 0.1) is 8.07 Å². The van der Waals surface area contributed by atoms with Crippen LogP contribution >= 0.6 is 0 Å². The number of hydrogen-bond acceptors (Lipinski definition) is 1. The first kappa shape index (κ1) is 11.1. The molecule has 0 radical (unpaired) electrons. The molecule has 11 heavy (non-hydrogen) atoms. The van der Waals surface area contributed by atoms with E-state index >= 15 is 0 Å². The normalized spacial score (nSPS) is 15.4. The fraction of sp³-hybridized carbons (Fsp3) is 0.875. The zero-order valence-corrected chi connectivity index (χ0v) is 10.9. The van der Waals surface area contributed by atoms with Crippen LogP contribution in [0.1, 0.15) is 6.92 Å². The summed E-state index contributed by atoms with van der Waals surface area (Å²) in [7, 11) is -2.29. The van der Waals surface area contributed by atoms with E-state index in [1.807, 2.05) is 0 Å². The van der Waals surface area contributed by atoms with Crippen LogP contribution in [-0.4, -0.2) is 21.6 Å². The summed E-state index contributed by atoms with van der Waals surface area (Å²) < 4.78 is 4.80. The van der Waals surface area contributed by atoms with Gasteiger partial charge in [0.2, 0.25) is 0 Å². The maximum atomic E-state index is 4.80. The number of nitrogens with zero attached hydrogens (tertiary/aromatic N) is 1. The minimum Gasteiger partial charge on any atom is -0.335 e. The second kappa shape index (κ2) is 3.23. The minimum atomic E-state index is -1.21. The van der Waals surface area contributed by atoms with Gasteiger partial charge in [0.25, 0.3) is 0 Å². The largest absolute Gasteiger partial charge is 0.335 e. The molecule has 0 amide bonds. The molecule has 3 heteroatoms. The lowest BCUT2D eigenvalue weighted by atomic mass is 10.9. The highest BCUT2D eigenvalue weighted by molar-refractivity contribution is 7.05. The molecule has 0 saturated heterocycles. The van der Waals surface area contributed by atoms with Gasteiger partial charge in [-0.25, -0.2) is 0 Å². The van der Waals surface area contributed by atoms with Gasteiger partial charge in [0.15, 0.2) is 8.24 Å². The predicted molar refractivity (Wildman–Crippen MR) is 59.8 cm³/mol. The van der Waals surface area contributed by atoms with Crippen LogP contribution < -0.4 is 0 Å². The Morgan fingerprint density at radius 1 is 0.909 bits per heavy atom. The van der Waals surface area contributed by atoms with Crippen molar-refractivity contribution in [1.29, 1.82) is 0 Å². The molecule has 0 unspecified atom stereocenters. The quantitative estimate of drug-likeness (QED) is 0.465. The van der Waals surface area contributed by atoms with Crippen molar-refractivity contribution >= 4 is 21.6 Å². The molecule has 0 N–H and O–H groups in total. The molecule has 0 saturated carbocycles. The Balaban J connectivity index is 4.49. The molecule has 0 heterocycles. The Morgan fingerprint density at radius 2 is 1.27 bits per heavy atom. The van der Waals surface area contributed by atoms with Crippen LogP contribution in [0.15, 0.2) is 4.66 Å². The second-order valence-corrected chi connectivity index (χ2v) is 14.9. The highest BCUT2D eigenvalue weighted by Gasteiger charge is 2.20. The van der Waals surface area contributed by atoms with Gasteiger partial charge in [-0.2, -0.15) is 0 Å². The van der Waals surface area contributed by atoms with Crippen molar-refractivity contribution < 1.29 is 0 Å². The van der Waals surface area contributed by atoms with Gasteiger partial charge < -0.3 is 4.66 Å². The molecular weight excluding hydrogens is 166 g/mol. The van der Waals surface area contributed by atoms with Crippen molar-refractivity contribution in [2.24, 2.45) is 4.66 Å². The Kier molecular flexibility index (Phi) is 3.26. The summed E-state index contributed by atoms with van der Waals surface area (Å²) in [6.07, 6.45) is 0. The van der Waals surface area contributed by atoms with E-state index in [-0.39, 0.29) is 0 Å². The van der Waals surface area contributed by atoms with Crippen molar-refractivity contribution in [2.45, 2.75) is 46.2 Å². The number of rotatable bonds is 2. The van der Waals surface area contributed by atoms with E-state index in [1.54, 1.807) is 0 Å². The Hall–Kier alpha value is 0.104. The van der Waals surface area contributed by atoms with Gasteiger partial charge >= 0.3 is 0 Å². The van der Waals surface area contributed by atoms with E-state index in [1.165, 1.54) is 5.33 Å². The summed E-state index contributed by atoms with van der Waals surface area (Å²) in [6.45, 7) is 16.1. The lowest BCUT2D eigenvalue weighted by Crippen LogP contribution is -2.34. The van der Waals surface area contributed by atoms with Gasteiger partial charge in [-0.1, -0.05) is 19.6 Å². The third-order valence-electron chi connectivity index (χ3n) is 1.59. The van der Waals surface area contributed by atoms with E-state index in [2.05, 4.69) is 46.2 Å². The fourth-order valence-corrected chi connectivity index (χ4v) is 4.02. The van der Waals surface area contributed by atoms with Gasteiger partial charge in [-0.3, -0.25) is 0 Å². The fourth-order valence-electron chi connectivity index (χ4n) is 0.671. The van der Waals surface area contributed by atoms with Crippen LogP contribution in [-0.2, 0) is 0 Å². The van der Waals surface area contributed by atoms with Crippen LogP contribution in [0.2, 0.25) is 39.3 Å². The zero-order valence-electron chi connectivity index (χ0n) is 8.95. The smallest absolute Gasteiger partial charge is 0.171 e. The third-order valence-corrected chi connectivity index (χ3v) is 5.10. The Morgan fingerprint density at radius 3 is 1.36 bits per heavy atom. The molecule has 0 aliphatic carbocycles. The van der Waals surface area contributed by atoms with Crippen molar-refractivity contribution in [2.75, 3.05) is 0 Å². The minimum absolute atomic E-state index is 1.09. The maximum absolute atomic E-state index is 4.80. The molecule has 0 aromatic carbocycles. The molecule has 0 aromatic heterocycles. The SMILES string of the molecule is C/C(=N\[Si](C)(C)C)[Si](C)(C)C. The van der Waals surface area contributed by atoms with Crippen LogP contribution in [0, 0.1) is 0 Å². The first-order valence-corrected chi connectivity index (χ1v) is 11.1. The number of hydrogen-bond donors (Lipinski definition) is 0. The summed E-state index contributed by atoms with van der Waals surface area (Å²) in [5.41, 5.74) is 0. The van der Waals surface area contributed by atoms with E-state index < -0.39 is 16.3 Å². The summed E-state index contributed by atoms with van der Waals surface area (Å²) in [6, 6.07) is 0. The van der Waals surface area contributed by atoms with E-state index in [0.29, 0.717) is 0 Å². The second-order valence-electron chi connectivity index (χ2n) is 5.12. The summed E-state index contributed by atoms with van der Waals surface area (Å²) >= 11 is 0. The average Bonchev–Trinajstić information content (AvgIpc) is 1.56. The van der Waals surface area contributed by atoms with Crippen LogP contribution in [0.4, 0.5) is 0 Å². The molecule has 0 fully saturated rings. The molecule has 0 aliphatic rings. The van der Waals surface area contributed by atoms with Crippen LogP contribution in [0.3, 0.4) is 0 Å². The van der Waals surface area contributed by atoms with Gasteiger partial charge in [-0.05, 0) is 31.9 Å². The van der Waals surface area contributed by atoms with Gasteiger partial charge in [-0.15, -0.1) is 0 Å². The Labute approximate surface area is 73.0 Å². The van der Waals surface area contributed by atoms with E-state index in [9.17, 15) is 0 Å². The summed E-state index contributed by atoms with van der Waals surface area (Å²) in [5, 5.41) is 1.43. The predicted octanol–water partition coefficient (Wildman–Crippen LogP) is 3.16. The van der Waals surface area contributed by atoms with Crippen molar-refractivity contribution in [3.63, 3.8) is 0 Å². The average molecular weight is 187 g/mol. The first-order chi connectivity index (χ1) is 4.63. The molecule has 0 aliphatic heterocycles. The van der Waals surface area contributed by atoms with Crippen LogP contribution in [0.5, 0.6) is 0 Å². The van der Waals surface area contributed by atoms with Gasteiger partial charge in [0, 0.05) is 0 Å². The Bertz CT molecular complexity index is 160. The van der Waals surface area contributed by atoms with E-state index in [0.717, 1.165) is 0 Å². The lowest BCUT2D eigenvalue weighted by Gasteiger charge is -2.20. The highest BCUT2D eigenvalue weighted by Crippen LogP contribution is 2.09. The molecule has 1 nitrogen and oxygen atoms in total. The topological polar surface area (TPSA) is 12.4 Å². The van der Waals surface area contributed by atoms with E-state index in [4.69, 9.17) is 4.66 Å². The standard InChI is InChI=1S/C8H21NSi2/c1-8(10(2,3)4)9-11(5,6)7/h1-7H3/b9-8+. The van der Waals surface area contributed by atoms with Crippen LogP contribution in [0.25, 0.3) is 0 Å². The summed E-state index contributed by atoms with van der Waals surface area (Å²) in [5.74, 6) is 0. The van der Waals surface area contributed by atoms with Crippen molar-refractivity contribution in [3.8, 4) is 0 Å². The summed E-state index contributed by atoms with van der Waals surface area (Å²) in [4.78, 5) is 0. The molecule has 0 atom stereocenters. The zero-order chi connectivity index (χ0) is 9.28. The molecule has 66 valence electrons. The molecular formula is C8H21NSi2. The van der Waals surface area contributed by atoms with Gasteiger partial charge in [0.1, 0.15) is 0 Å².